The van der Waals surface area contributed by atoms with Crippen LogP contribution >= 0.6 is 11.6 Å². The zero-order valence-electron chi connectivity index (χ0n) is 15.4. The smallest absolute Gasteiger partial charge is 0.223 e. The number of halogens is 1. The Kier molecular flexibility index (Phi) is 7.88. The van der Waals surface area contributed by atoms with Gasteiger partial charge in [-0.1, -0.05) is 29.8 Å². The Balaban J connectivity index is 1.81. The van der Waals surface area contributed by atoms with Crippen LogP contribution in [0.4, 0.5) is 0 Å². The third kappa shape index (κ3) is 6.23. The number of benzene rings is 1. The van der Waals surface area contributed by atoms with Crippen LogP contribution in [-0.4, -0.2) is 63.8 Å². The lowest BCUT2D eigenvalue weighted by atomic mass is 9.97. The molecule has 6 nitrogen and oxygen atoms in total. The highest BCUT2D eigenvalue weighted by Crippen LogP contribution is 2.24. The van der Waals surface area contributed by atoms with Crippen LogP contribution in [0.15, 0.2) is 24.3 Å². The van der Waals surface area contributed by atoms with Gasteiger partial charge in [0, 0.05) is 30.6 Å². The maximum Gasteiger partial charge on any atom is 0.223 e. The molecule has 0 aliphatic carbocycles. The van der Waals surface area contributed by atoms with Crippen molar-refractivity contribution in [1.82, 2.24) is 14.5 Å². The van der Waals surface area contributed by atoms with Crippen molar-refractivity contribution >= 4 is 27.5 Å². The monoisotopic (exact) mass is 401 g/mol. The first kappa shape index (κ1) is 21.2. The maximum atomic E-state index is 12.6. The molecule has 146 valence electrons. The lowest BCUT2D eigenvalue weighted by Crippen LogP contribution is -2.43. The molecule has 1 N–H and O–H groups in total. The molecule has 1 amide bonds. The molecule has 0 saturated carbocycles. The van der Waals surface area contributed by atoms with Gasteiger partial charge in [0.2, 0.25) is 15.9 Å². The molecule has 0 unspecified atom stereocenters. The van der Waals surface area contributed by atoms with Crippen molar-refractivity contribution < 1.29 is 13.2 Å². The average Bonchev–Trinajstić information content (AvgIpc) is 2.60. The molecule has 1 aliphatic rings. The second kappa shape index (κ2) is 9.69. The molecule has 1 aromatic carbocycles. The molecule has 0 spiro atoms. The van der Waals surface area contributed by atoms with Gasteiger partial charge in [-0.3, -0.25) is 4.79 Å². The number of sulfonamides is 1. The Morgan fingerprint density at radius 3 is 2.54 bits per heavy atom. The predicted octanol–water partition coefficient (Wildman–Crippen LogP) is 1.95. The highest BCUT2D eigenvalue weighted by Gasteiger charge is 2.31. The average molecular weight is 402 g/mol. The zero-order valence-corrected chi connectivity index (χ0v) is 17.0. The van der Waals surface area contributed by atoms with E-state index in [-0.39, 0.29) is 17.6 Å². The Labute approximate surface area is 161 Å². The van der Waals surface area contributed by atoms with Crippen molar-refractivity contribution in [3.8, 4) is 0 Å². The minimum atomic E-state index is -3.43. The fourth-order valence-electron chi connectivity index (χ4n) is 3.05. The second-order valence-corrected chi connectivity index (χ2v) is 9.34. The first-order valence-electron chi connectivity index (χ1n) is 8.93. The zero-order chi connectivity index (χ0) is 19.2. The number of hydrogen-bond donors (Lipinski definition) is 1. The number of carbonyl (C=O) groups is 1. The number of nitrogens with zero attached hydrogens (tertiary/aromatic N) is 2. The van der Waals surface area contributed by atoms with Crippen LogP contribution < -0.4 is 5.32 Å². The quantitative estimate of drug-likeness (QED) is 0.676. The highest BCUT2D eigenvalue weighted by atomic mass is 35.5. The molecule has 1 heterocycles. The van der Waals surface area contributed by atoms with Crippen LogP contribution in [0.25, 0.3) is 0 Å². The highest BCUT2D eigenvalue weighted by molar-refractivity contribution is 7.88. The SMILES string of the molecule is CN(C)CCCNC(=O)C1CCN(S(=O)(=O)Cc2ccccc2Cl)CC1. The number of piperidine rings is 1. The van der Waals surface area contributed by atoms with E-state index in [0.29, 0.717) is 43.1 Å². The number of amides is 1. The van der Waals surface area contributed by atoms with Crippen molar-refractivity contribution in [2.45, 2.75) is 25.0 Å². The molecule has 26 heavy (non-hydrogen) atoms. The Morgan fingerprint density at radius 1 is 1.27 bits per heavy atom. The largest absolute Gasteiger partial charge is 0.356 e. The molecule has 1 aliphatic heterocycles. The van der Waals surface area contributed by atoms with E-state index in [2.05, 4.69) is 10.2 Å². The van der Waals surface area contributed by atoms with Gasteiger partial charge >= 0.3 is 0 Å². The van der Waals surface area contributed by atoms with E-state index in [4.69, 9.17) is 11.6 Å². The molecule has 2 rings (SSSR count). The first-order valence-corrected chi connectivity index (χ1v) is 10.9. The van der Waals surface area contributed by atoms with Crippen LogP contribution in [0.3, 0.4) is 0 Å². The lowest BCUT2D eigenvalue weighted by molar-refractivity contribution is -0.126. The van der Waals surface area contributed by atoms with Gasteiger partial charge in [0.05, 0.1) is 5.75 Å². The summed E-state index contributed by atoms with van der Waals surface area (Å²) in [6, 6.07) is 6.98. The molecule has 8 heteroatoms. The van der Waals surface area contributed by atoms with Crippen molar-refractivity contribution in [3.05, 3.63) is 34.9 Å². The molecular formula is C18H28ClN3O3S. The minimum Gasteiger partial charge on any atom is -0.356 e. The van der Waals surface area contributed by atoms with Gasteiger partial charge in [0.25, 0.3) is 0 Å². The van der Waals surface area contributed by atoms with Gasteiger partial charge in [-0.25, -0.2) is 12.7 Å². The number of hydrogen-bond acceptors (Lipinski definition) is 4. The molecule has 0 bridgehead atoms. The molecule has 0 aromatic heterocycles. The summed E-state index contributed by atoms with van der Waals surface area (Å²) in [5, 5.41) is 3.42. The fraction of sp³-hybridized carbons (Fsp3) is 0.611. The lowest BCUT2D eigenvalue weighted by Gasteiger charge is -2.30. The molecule has 0 atom stereocenters. The van der Waals surface area contributed by atoms with Gasteiger partial charge in [0.1, 0.15) is 0 Å². The summed E-state index contributed by atoms with van der Waals surface area (Å²) < 4.78 is 26.7. The fourth-order valence-corrected chi connectivity index (χ4v) is 4.93. The molecule has 0 radical (unpaired) electrons. The summed E-state index contributed by atoms with van der Waals surface area (Å²) in [7, 11) is 0.574. The number of carbonyl (C=O) groups excluding carboxylic acids is 1. The van der Waals surface area contributed by atoms with E-state index < -0.39 is 10.0 Å². The normalized spacial score (nSPS) is 16.8. The summed E-state index contributed by atoms with van der Waals surface area (Å²) >= 11 is 6.07. The van der Waals surface area contributed by atoms with Crippen LogP contribution in [0, 0.1) is 5.92 Å². The summed E-state index contributed by atoms with van der Waals surface area (Å²) in [5.41, 5.74) is 0.606. The standard InChI is InChI=1S/C18H28ClN3O3S/c1-21(2)11-5-10-20-18(23)15-8-12-22(13-9-15)26(24,25)14-16-6-3-4-7-17(16)19/h3-4,6-7,15H,5,8-14H2,1-2H3,(H,20,23). The minimum absolute atomic E-state index is 0.0342. The topological polar surface area (TPSA) is 69.7 Å². The molecule has 1 aromatic rings. The van der Waals surface area contributed by atoms with Crippen LogP contribution in [0.1, 0.15) is 24.8 Å². The Morgan fingerprint density at radius 2 is 1.92 bits per heavy atom. The van der Waals surface area contributed by atoms with E-state index in [0.717, 1.165) is 13.0 Å². The van der Waals surface area contributed by atoms with E-state index in [1.54, 1.807) is 24.3 Å². The predicted molar refractivity (Wildman–Crippen MR) is 105 cm³/mol. The third-order valence-electron chi connectivity index (χ3n) is 4.60. The number of rotatable bonds is 8. The van der Waals surface area contributed by atoms with E-state index in [1.807, 2.05) is 14.1 Å². The summed E-state index contributed by atoms with van der Waals surface area (Å²) in [6.45, 7) is 2.34. The van der Waals surface area contributed by atoms with E-state index >= 15 is 0 Å². The van der Waals surface area contributed by atoms with Crippen LogP contribution in [-0.2, 0) is 20.6 Å². The van der Waals surface area contributed by atoms with Gasteiger partial charge in [-0.2, -0.15) is 0 Å². The van der Waals surface area contributed by atoms with Crippen molar-refractivity contribution in [2.24, 2.45) is 5.92 Å². The van der Waals surface area contributed by atoms with Crippen LogP contribution in [0.2, 0.25) is 5.02 Å². The van der Waals surface area contributed by atoms with Gasteiger partial charge in [-0.05, 0) is 51.5 Å². The second-order valence-electron chi connectivity index (χ2n) is 6.97. The maximum absolute atomic E-state index is 12.6. The number of nitrogens with one attached hydrogen (secondary N) is 1. The molecule has 1 fully saturated rings. The van der Waals surface area contributed by atoms with Gasteiger partial charge in [-0.15, -0.1) is 0 Å². The van der Waals surface area contributed by atoms with Crippen molar-refractivity contribution in [3.63, 3.8) is 0 Å². The summed E-state index contributed by atoms with van der Waals surface area (Å²) in [4.78, 5) is 14.3. The van der Waals surface area contributed by atoms with Crippen molar-refractivity contribution in [1.29, 1.82) is 0 Å². The first-order chi connectivity index (χ1) is 12.3. The van der Waals surface area contributed by atoms with Crippen molar-refractivity contribution in [2.75, 3.05) is 40.3 Å². The van der Waals surface area contributed by atoms with E-state index in [9.17, 15) is 13.2 Å². The van der Waals surface area contributed by atoms with E-state index in [1.165, 1.54) is 4.31 Å². The molecule has 1 saturated heterocycles. The van der Waals surface area contributed by atoms with Gasteiger partial charge in [0.15, 0.2) is 0 Å². The summed E-state index contributed by atoms with van der Waals surface area (Å²) in [6.07, 6.45) is 2.02. The Bertz CT molecular complexity index is 701. The van der Waals surface area contributed by atoms with Crippen LogP contribution in [0.5, 0.6) is 0 Å². The van der Waals surface area contributed by atoms with Gasteiger partial charge < -0.3 is 10.2 Å². The molecular weight excluding hydrogens is 374 g/mol. The third-order valence-corrected chi connectivity index (χ3v) is 6.79. The summed E-state index contributed by atoms with van der Waals surface area (Å²) in [5.74, 6) is -0.179. The Hall–Kier alpha value is -1.15.